The molecule has 0 spiro atoms. The average molecular weight is 281 g/mol. The summed E-state index contributed by atoms with van der Waals surface area (Å²) in [4.78, 5) is 4.23. The van der Waals surface area contributed by atoms with Gasteiger partial charge in [-0.3, -0.25) is 9.55 Å². The van der Waals surface area contributed by atoms with Crippen molar-refractivity contribution in [2.24, 2.45) is 5.14 Å². The van der Waals surface area contributed by atoms with Crippen molar-refractivity contribution in [1.82, 2.24) is 19.7 Å². The summed E-state index contributed by atoms with van der Waals surface area (Å²) in [6, 6.07) is 3.68. The second kappa shape index (κ2) is 5.06. The Hall–Kier alpha value is -1.80. The molecule has 0 aliphatic carbocycles. The molecule has 0 unspecified atom stereocenters. The number of primary sulfonamides is 1. The Morgan fingerprint density at radius 1 is 1.37 bits per heavy atom. The Balaban J connectivity index is 2.66. The maximum atomic E-state index is 11.5. The van der Waals surface area contributed by atoms with Crippen LogP contribution in [0.1, 0.15) is 18.9 Å². The lowest BCUT2D eigenvalue weighted by Crippen LogP contribution is -2.19. The van der Waals surface area contributed by atoms with E-state index in [4.69, 9.17) is 5.14 Å². The van der Waals surface area contributed by atoms with Crippen molar-refractivity contribution in [1.29, 1.82) is 0 Å². The number of aryl methyl sites for hydroxylation is 1. The van der Waals surface area contributed by atoms with Gasteiger partial charge >= 0.3 is 0 Å². The molecule has 0 amide bonds. The lowest BCUT2D eigenvalue weighted by Gasteiger charge is -2.08. The summed E-state index contributed by atoms with van der Waals surface area (Å²) < 4.78 is 24.5. The summed E-state index contributed by atoms with van der Waals surface area (Å²) >= 11 is 0. The van der Waals surface area contributed by atoms with E-state index in [0.717, 1.165) is 12.0 Å². The number of sulfonamides is 1. The van der Waals surface area contributed by atoms with E-state index in [2.05, 4.69) is 15.2 Å². The number of hydrogen-bond acceptors (Lipinski definition) is 5. The zero-order valence-corrected chi connectivity index (χ0v) is 11.6. The van der Waals surface area contributed by atoms with Crippen LogP contribution in [-0.4, -0.2) is 28.2 Å². The standard InChI is InChI=1S/C11H15N5O2S/c1-3-7-16-10(9-8(2)5-4-6-13-9)14-15-11(16)19(12,17)18/h4-6H,3,7H2,1-2H3,(H2,12,17,18). The molecule has 0 radical (unpaired) electrons. The van der Waals surface area contributed by atoms with Gasteiger partial charge in [-0.2, -0.15) is 0 Å². The molecule has 8 heteroatoms. The minimum Gasteiger partial charge on any atom is -0.295 e. The summed E-state index contributed by atoms with van der Waals surface area (Å²) in [5.41, 5.74) is 1.51. The maximum absolute atomic E-state index is 11.5. The van der Waals surface area contributed by atoms with Gasteiger partial charge in [0, 0.05) is 12.7 Å². The zero-order chi connectivity index (χ0) is 14.0. The molecule has 7 nitrogen and oxygen atoms in total. The summed E-state index contributed by atoms with van der Waals surface area (Å²) in [5.74, 6) is 0.420. The molecule has 0 aromatic carbocycles. The van der Waals surface area contributed by atoms with Crippen molar-refractivity contribution in [3.05, 3.63) is 23.9 Å². The third-order valence-electron chi connectivity index (χ3n) is 2.64. The molecule has 0 bridgehead atoms. The predicted octanol–water partition coefficient (Wildman–Crippen LogP) is 0.706. The molecule has 102 valence electrons. The third kappa shape index (κ3) is 2.64. The van der Waals surface area contributed by atoms with E-state index in [1.165, 1.54) is 4.57 Å². The van der Waals surface area contributed by atoms with Crippen molar-refractivity contribution in [2.45, 2.75) is 32.0 Å². The van der Waals surface area contributed by atoms with Gasteiger partial charge in [0.05, 0.1) is 0 Å². The molecule has 2 heterocycles. The minimum atomic E-state index is -3.89. The van der Waals surface area contributed by atoms with Crippen molar-refractivity contribution in [2.75, 3.05) is 0 Å². The lowest BCUT2D eigenvalue weighted by molar-refractivity contribution is 0.559. The SMILES string of the molecule is CCCn1c(-c2ncccc2C)nnc1S(N)(=O)=O. The van der Waals surface area contributed by atoms with E-state index in [1.807, 2.05) is 19.9 Å². The molecule has 19 heavy (non-hydrogen) atoms. The van der Waals surface area contributed by atoms with Gasteiger partial charge in [0.15, 0.2) is 5.82 Å². The maximum Gasteiger partial charge on any atom is 0.273 e. The first kappa shape index (κ1) is 13.6. The van der Waals surface area contributed by atoms with Gasteiger partial charge in [-0.1, -0.05) is 13.0 Å². The smallest absolute Gasteiger partial charge is 0.273 e. The van der Waals surface area contributed by atoms with Crippen molar-refractivity contribution in [3.8, 4) is 11.5 Å². The van der Waals surface area contributed by atoms with Crippen LogP contribution in [0.15, 0.2) is 23.5 Å². The molecule has 2 rings (SSSR count). The van der Waals surface area contributed by atoms with Crippen LogP contribution in [0.4, 0.5) is 0 Å². The second-order valence-electron chi connectivity index (χ2n) is 4.17. The van der Waals surface area contributed by atoms with Gasteiger partial charge in [-0.05, 0) is 25.0 Å². The summed E-state index contributed by atoms with van der Waals surface area (Å²) in [7, 11) is -3.89. The van der Waals surface area contributed by atoms with Crippen molar-refractivity contribution < 1.29 is 8.42 Å². The number of pyridine rings is 1. The molecule has 0 aliphatic heterocycles. The van der Waals surface area contributed by atoms with E-state index >= 15 is 0 Å². The fraction of sp³-hybridized carbons (Fsp3) is 0.364. The second-order valence-corrected chi connectivity index (χ2v) is 5.63. The summed E-state index contributed by atoms with van der Waals surface area (Å²) in [6.45, 7) is 4.27. The van der Waals surface area contributed by atoms with Crippen molar-refractivity contribution >= 4 is 10.0 Å². The minimum absolute atomic E-state index is 0.227. The molecular formula is C11H15N5O2S. The number of nitrogens with zero attached hydrogens (tertiary/aromatic N) is 4. The van der Waals surface area contributed by atoms with Gasteiger partial charge in [-0.15, -0.1) is 10.2 Å². The van der Waals surface area contributed by atoms with Crippen LogP contribution in [0.3, 0.4) is 0 Å². The van der Waals surface area contributed by atoms with Crippen LogP contribution in [0.2, 0.25) is 0 Å². The third-order valence-corrected chi connectivity index (χ3v) is 3.45. The first-order valence-corrected chi connectivity index (χ1v) is 7.37. The number of aromatic nitrogens is 4. The van der Waals surface area contributed by atoms with Crippen LogP contribution in [0, 0.1) is 6.92 Å². The molecule has 0 saturated carbocycles. The number of hydrogen-bond donors (Lipinski definition) is 1. The van der Waals surface area contributed by atoms with Crippen molar-refractivity contribution in [3.63, 3.8) is 0 Å². The lowest BCUT2D eigenvalue weighted by atomic mass is 10.2. The molecule has 2 aromatic rings. The fourth-order valence-corrected chi connectivity index (χ4v) is 2.46. The van der Waals surface area contributed by atoms with Crippen LogP contribution < -0.4 is 5.14 Å². The van der Waals surface area contributed by atoms with Crippen LogP contribution in [0.25, 0.3) is 11.5 Å². The van der Waals surface area contributed by atoms with E-state index in [-0.39, 0.29) is 5.16 Å². The highest BCUT2D eigenvalue weighted by Crippen LogP contribution is 2.21. The van der Waals surface area contributed by atoms with Crippen LogP contribution in [-0.2, 0) is 16.6 Å². The predicted molar refractivity (Wildman–Crippen MR) is 69.7 cm³/mol. The number of rotatable bonds is 4. The van der Waals surface area contributed by atoms with E-state index in [1.54, 1.807) is 12.3 Å². The first-order valence-electron chi connectivity index (χ1n) is 5.83. The van der Waals surface area contributed by atoms with E-state index in [9.17, 15) is 8.42 Å². The Morgan fingerprint density at radius 3 is 2.68 bits per heavy atom. The summed E-state index contributed by atoms with van der Waals surface area (Å²) in [5, 5.41) is 12.5. The van der Waals surface area contributed by atoms with Gasteiger partial charge in [-0.25, -0.2) is 13.6 Å². The molecule has 0 atom stereocenters. The van der Waals surface area contributed by atoms with E-state index < -0.39 is 10.0 Å². The van der Waals surface area contributed by atoms with Crippen LogP contribution >= 0.6 is 0 Å². The molecule has 2 aromatic heterocycles. The Morgan fingerprint density at radius 2 is 2.11 bits per heavy atom. The first-order chi connectivity index (χ1) is 8.95. The highest BCUT2D eigenvalue weighted by atomic mass is 32.2. The Kier molecular flexibility index (Phi) is 3.63. The topological polar surface area (TPSA) is 104 Å². The normalized spacial score (nSPS) is 11.7. The summed E-state index contributed by atoms with van der Waals surface area (Å²) in [6.07, 6.45) is 2.36. The molecular weight excluding hydrogens is 266 g/mol. The van der Waals surface area contributed by atoms with Gasteiger partial charge in [0.25, 0.3) is 15.2 Å². The van der Waals surface area contributed by atoms with Gasteiger partial charge in [0.1, 0.15) is 5.69 Å². The molecule has 2 N–H and O–H groups in total. The Labute approximate surface area is 111 Å². The highest BCUT2D eigenvalue weighted by molar-refractivity contribution is 7.89. The largest absolute Gasteiger partial charge is 0.295 e. The fourth-order valence-electron chi connectivity index (χ4n) is 1.82. The molecule has 0 fully saturated rings. The van der Waals surface area contributed by atoms with E-state index in [0.29, 0.717) is 18.1 Å². The zero-order valence-electron chi connectivity index (χ0n) is 10.7. The number of nitrogens with two attached hydrogens (primary N) is 1. The van der Waals surface area contributed by atoms with Gasteiger partial charge < -0.3 is 0 Å². The average Bonchev–Trinajstić information content (AvgIpc) is 2.74. The molecule has 0 aliphatic rings. The quantitative estimate of drug-likeness (QED) is 0.888. The molecule has 0 saturated heterocycles. The highest BCUT2D eigenvalue weighted by Gasteiger charge is 2.22. The Bertz CT molecular complexity index is 693. The van der Waals surface area contributed by atoms with Crippen LogP contribution in [0.5, 0.6) is 0 Å². The monoisotopic (exact) mass is 281 g/mol. The van der Waals surface area contributed by atoms with Gasteiger partial charge in [0.2, 0.25) is 0 Å².